The molecule has 9 heteroatoms. The average Bonchev–Trinajstić information content (AvgIpc) is 3.19. The number of aromatic amines is 2. The molecule has 132 valence electrons. The van der Waals surface area contributed by atoms with Crippen LogP contribution in [0, 0.1) is 12.7 Å². The van der Waals surface area contributed by atoms with Gasteiger partial charge in [0.2, 0.25) is 0 Å². The van der Waals surface area contributed by atoms with Crippen LogP contribution in [0.25, 0.3) is 22.5 Å². The normalized spacial score (nSPS) is 11.3. The third-order valence-corrected chi connectivity index (χ3v) is 4.23. The van der Waals surface area contributed by atoms with Crippen LogP contribution in [0.3, 0.4) is 0 Å². The molecule has 0 saturated carbocycles. The first-order valence-corrected chi connectivity index (χ1v) is 8.04. The van der Waals surface area contributed by atoms with Crippen molar-refractivity contribution in [1.82, 2.24) is 29.5 Å². The lowest BCUT2D eigenvalue weighted by Gasteiger charge is -2.04. The molecule has 1 aromatic carbocycles. The Balaban J connectivity index is 2.00. The molecule has 0 saturated heterocycles. The molecule has 0 bridgehead atoms. The van der Waals surface area contributed by atoms with Gasteiger partial charge in [0.1, 0.15) is 11.6 Å². The number of halogens is 1. The van der Waals surface area contributed by atoms with Crippen molar-refractivity contribution in [3.63, 3.8) is 0 Å². The topological polar surface area (TPSA) is 101 Å². The Morgan fingerprint density at radius 1 is 1.23 bits per heavy atom. The third kappa shape index (κ3) is 2.36. The van der Waals surface area contributed by atoms with E-state index in [-0.39, 0.29) is 17.1 Å². The van der Waals surface area contributed by atoms with Gasteiger partial charge < -0.3 is 0 Å². The first-order valence-electron chi connectivity index (χ1n) is 8.04. The number of H-pyrrole nitrogens is 2. The van der Waals surface area contributed by atoms with E-state index in [1.807, 2.05) is 6.92 Å². The van der Waals surface area contributed by atoms with E-state index >= 15 is 0 Å². The van der Waals surface area contributed by atoms with Gasteiger partial charge in [0, 0.05) is 18.2 Å². The summed E-state index contributed by atoms with van der Waals surface area (Å²) in [4.78, 5) is 29.7. The zero-order chi connectivity index (χ0) is 18.4. The minimum absolute atomic E-state index is 0.184. The first kappa shape index (κ1) is 16.0. The molecule has 0 fully saturated rings. The summed E-state index contributed by atoms with van der Waals surface area (Å²) in [5, 5.41) is 9.98. The quantitative estimate of drug-likeness (QED) is 0.583. The highest BCUT2D eigenvalue weighted by atomic mass is 19.1. The molecule has 2 N–H and O–H groups in total. The monoisotopic (exact) mass is 354 g/mol. The molecule has 0 radical (unpaired) electrons. The number of aryl methyl sites for hydroxylation is 2. The number of rotatable bonds is 3. The van der Waals surface area contributed by atoms with Crippen LogP contribution in [0.4, 0.5) is 4.39 Å². The summed E-state index contributed by atoms with van der Waals surface area (Å²) >= 11 is 0. The largest absolute Gasteiger partial charge is 0.290 e. The predicted molar refractivity (Wildman–Crippen MR) is 93.5 cm³/mol. The van der Waals surface area contributed by atoms with E-state index in [4.69, 9.17) is 0 Å². The van der Waals surface area contributed by atoms with Crippen molar-refractivity contribution in [3.05, 3.63) is 68.4 Å². The lowest BCUT2D eigenvalue weighted by atomic mass is 10.2. The molecule has 4 aromatic rings. The van der Waals surface area contributed by atoms with Crippen molar-refractivity contribution < 1.29 is 4.39 Å². The molecule has 0 spiro atoms. The summed E-state index contributed by atoms with van der Waals surface area (Å²) in [6.07, 6.45) is 0.638. The Morgan fingerprint density at radius 3 is 2.73 bits per heavy atom. The second-order valence-electron chi connectivity index (χ2n) is 5.86. The molecule has 8 nitrogen and oxygen atoms in total. The van der Waals surface area contributed by atoms with Crippen molar-refractivity contribution in [3.8, 4) is 11.6 Å². The highest BCUT2D eigenvalue weighted by molar-refractivity contribution is 5.81. The fourth-order valence-electron chi connectivity index (χ4n) is 2.96. The highest BCUT2D eigenvalue weighted by Gasteiger charge is 2.18. The Hall–Kier alpha value is -3.49. The molecule has 3 heterocycles. The Morgan fingerprint density at radius 2 is 2.04 bits per heavy atom. The lowest BCUT2D eigenvalue weighted by molar-refractivity contribution is 0.625. The Labute approximate surface area is 145 Å². The molecular weight excluding hydrogens is 339 g/mol. The van der Waals surface area contributed by atoms with Crippen molar-refractivity contribution in [2.45, 2.75) is 20.3 Å². The number of benzene rings is 1. The molecule has 0 aliphatic carbocycles. The van der Waals surface area contributed by atoms with Crippen molar-refractivity contribution >= 4 is 10.9 Å². The van der Waals surface area contributed by atoms with Crippen LogP contribution >= 0.6 is 0 Å². The van der Waals surface area contributed by atoms with Gasteiger partial charge in [0.05, 0.1) is 16.6 Å². The summed E-state index contributed by atoms with van der Waals surface area (Å²) in [6.45, 7) is 3.56. The minimum Gasteiger partial charge on any atom is -0.290 e. The smallest absolute Gasteiger partial charge is 0.280 e. The van der Waals surface area contributed by atoms with E-state index < -0.39 is 5.82 Å². The van der Waals surface area contributed by atoms with Gasteiger partial charge in [-0.1, -0.05) is 13.0 Å². The predicted octanol–water partition coefficient (Wildman–Crippen LogP) is 1.60. The van der Waals surface area contributed by atoms with Gasteiger partial charge >= 0.3 is 0 Å². The van der Waals surface area contributed by atoms with Gasteiger partial charge in [0.25, 0.3) is 17.1 Å². The van der Waals surface area contributed by atoms with Crippen LogP contribution in [0.15, 0.2) is 39.9 Å². The van der Waals surface area contributed by atoms with E-state index in [1.165, 1.54) is 33.5 Å². The van der Waals surface area contributed by atoms with Gasteiger partial charge in [-0.15, -0.1) is 5.10 Å². The van der Waals surface area contributed by atoms with Crippen LogP contribution < -0.4 is 11.1 Å². The molecule has 3 aromatic heterocycles. The van der Waals surface area contributed by atoms with Crippen LogP contribution in [0.2, 0.25) is 0 Å². The summed E-state index contributed by atoms with van der Waals surface area (Å²) in [5.74, 6) is 0.360. The number of pyridine rings is 1. The van der Waals surface area contributed by atoms with Gasteiger partial charge in [-0.3, -0.25) is 19.8 Å². The maximum Gasteiger partial charge on any atom is 0.280 e. The number of hydrogen-bond acceptors (Lipinski definition) is 4. The van der Waals surface area contributed by atoms with Crippen molar-refractivity contribution in [2.24, 2.45) is 0 Å². The van der Waals surface area contributed by atoms with E-state index in [9.17, 15) is 14.0 Å². The summed E-state index contributed by atoms with van der Waals surface area (Å²) in [6, 6.07) is 6.95. The standard InChI is InChI=1S/C17H15FN6O2/c1-3-13-19-17(21-20-13)23-9(2)15-12(8-14(23)25)22-24(16(15)26)11-6-4-5-10(18)7-11/h4-8,22H,3H2,1-2H3,(H,19,20,21). The van der Waals surface area contributed by atoms with Crippen molar-refractivity contribution in [1.29, 1.82) is 0 Å². The number of hydrogen-bond donors (Lipinski definition) is 2. The number of fused-ring (bicyclic) bond motifs is 1. The van der Waals surface area contributed by atoms with Crippen LogP contribution in [0.5, 0.6) is 0 Å². The van der Waals surface area contributed by atoms with Gasteiger partial charge in [-0.25, -0.2) is 13.6 Å². The molecule has 0 amide bonds. The summed E-state index contributed by atoms with van der Waals surface area (Å²) < 4.78 is 16.0. The molecule has 0 atom stereocenters. The van der Waals surface area contributed by atoms with E-state index in [2.05, 4.69) is 20.3 Å². The molecule has 0 unspecified atom stereocenters. The molecule has 4 rings (SSSR count). The van der Waals surface area contributed by atoms with Gasteiger partial charge in [-0.2, -0.15) is 4.98 Å². The fraction of sp³-hybridized carbons (Fsp3) is 0.176. The molecule has 0 aliphatic rings. The fourth-order valence-corrected chi connectivity index (χ4v) is 2.96. The SMILES string of the molecule is CCc1nc(-n2c(C)c3c(=O)n(-c4cccc(F)c4)[nH]c3cc2=O)n[nH]1. The van der Waals surface area contributed by atoms with Crippen LogP contribution in [-0.4, -0.2) is 29.5 Å². The lowest BCUT2D eigenvalue weighted by Crippen LogP contribution is -2.22. The minimum atomic E-state index is -0.461. The second kappa shape index (κ2) is 5.80. The van der Waals surface area contributed by atoms with E-state index in [1.54, 1.807) is 13.0 Å². The maximum absolute atomic E-state index is 13.5. The molecular formula is C17H15FN6O2. The van der Waals surface area contributed by atoms with Crippen molar-refractivity contribution in [2.75, 3.05) is 0 Å². The Kier molecular flexibility index (Phi) is 3.57. The Bertz CT molecular complexity index is 1250. The van der Waals surface area contributed by atoms with Gasteiger partial charge in [0.15, 0.2) is 0 Å². The molecule has 0 aliphatic heterocycles. The molecule has 26 heavy (non-hydrogen) atoms. The van der Waals surface area contributed by atoms with Crippen LogP contribution in [0.1, 0.15) is 18.4 Å². The summed E-state index contributed by atoms with van der Waals surface area (Å²) in [7, 11) is 0. The maximum atomic E-state index is 13.5. The number of aromatic nitrogens is 6. The van der Waals surface area contributed by atoms with Gasteiger partial charge in [-0.05, 0) is 25.1 Å². The zero-order valence-electron chi connectivity index (χ0n) is 14.1. The van der Waals surface area contributed by atoms with Crippen LogP contribution in [-0.2, 0) is 6.42 Å². The average molecular weight is 354 g/mol. The highest BCUT2D eigenvalue weighted by Crippen LogP contribution is 2.15. The second-order valence-corrected chi connectivity index (χ2v) is 5.86. The number of nitrogens with one attached hydrogen (secondary N) is 2. The zero-order valence-corrected chi connectivity index (χ0v) is 14.1. The van der Waals surface area contributed by atoms with E-state index in [0.29, 0.717) is 34.5 Å². The first-order chi connectivity index (χ1) is 12.5. The third-order valence-electron chi connectivity index (χ3n) is 4.23. The summed E-state index contributed by atoms with van der Waals surface area (Å²) in [5.41, 5.74) is 0.359. The number of nitrogens with zero attached hydrogens (tertiary/aromatic N) is 4. The van der Waals surface area contributed by atoms with E-state index in [0.717, 1.165) is 0 Å².